The van der Waals surface area contributed by atoms with Crippen molar-refractivity contribution < 1.29 is 9.59 Å². The van der Waals surface area contributed by atoms with Gasteiger partial charge in [-0.1, -0.05) is 77.1 Å². The first kappa shape index (κ1) is 26.0. The highest BCUT2D eigenvalue weighted by Gasteiger charge is 2.53. The molecule has 34 heavy (non-hydrogen) atoms. The maximum absolute atomic E-state index is 13.9. The predicted octanol–water partition coefficient (Wildman–Crippen LogP) is 5.17. The minimum absolute atomic E-state index is 0.0493. The van der Waals surface area contributed by atoms with Crippen LogP contribution in [-0.4, -0.2) is 43.9 Å². The molecule has 0 bridgehead atoms. The van der Waals surface area contributed by atoms with Crippen LogP contribution in [0.2, 0.25) is 0 Å². The van der Waals surface area contributed by atoms with Gasteiger partial charge in [0, 0.05) is 18.8 Å². The molecule has 0 aromatic heterocycles. The Morgan fingerprint density at radius 2 is 1.68 bits per heavy atom. The van der Waals surface area contributed by atoms with Crippen LogP contribution in [0.25, 0.3) is 0 Å². The molecule has 184 valence electrons. The summed E-state index contributed by atoms with van der Waals surface area (Å²) in [6.45, 7) is 11.9. The molecule has 2 aromatic rings. The molecule has 1 aliphatic rings. The number of carbonyl (C=O) groups excluding carboxylic acids is 2. The maximum atomic E-state index is 13.9. The molecule has 0 spiro atoms. The molecule has 3 rings (SSSR count). The molecule has 1 heterocycles. The Hall–Kier alpha value is -2.66. The van der Waals surface area contributed by atoms with E-state index in [1.807, 2.05) is 56.6 Å². The molecule has 2 aromatic carbocycles. The van der Waals surface area contributed by atoms with E-state index in [9.17, 15) is 9.59 Å². The van der Waals surface area contributed by atoms with Crippen LogP contribution in [0.3, 0.4) is 0 Å². The number of amides is 2. The SMILES string of the molecule is CC(C)C[C@@]1(C(=O)N[C@@H](CN(C)C)c2ccccc2)CCN(c2ccc(C(C)(C)C)cc2)C1=O. The summed E-state index contributed by atoms with van der Waals surface area (Å²) in [5.41, 5.74) is 2.14. The van der Waals surface area contributed by atoms with Crippen LogP contribution in [0.1, 0.15) is 64.6 Å². The Morgan fingerprint density at radius 1 is 1.06 bits per heavy atom. The number of hydrogen-bond donors (Lipinski definition) is 1. The van der Waals surface area contributed by atoms with Gasteiger partial charge < -0.3 is 15.1 Å². The smallest absolute Gasteiger partial charge is 0.242 e. The van der Waals surface area contributed by atoms with Crippen molar-refractivity contribution in [2.45, 2.75) is 58.9 Å². The zero-order chi connectivity index (χ0) is 25.1. The molecule has 1 fully saturated rings. The summed E-state index contributed by atoms with van der Waals surface area (Å²) in [7, 11) is 3.99. The fourth-order valence-electron chi connectivity index (χ4n) is 4.93. The summed E-state index contributed by atoms with van der Waals surface area (Å²) in [5, 5.41) is 3.26. The quantitative estimate of drug-likeness (QED) is 0.550. The van der Waals surface area contributed by atoms with Crippen molar-refractivity contribution in [2.24, 2.45) is 11.3 Å². The lowest BCUT2D eigenvalue weighted by atomic mass is 9.77. The van der Waals surface area contributed by atoms with Gasteiger partial charge in [-0.25, -0.2) is 0 Å². The van der Waals surface area contributed by atoms with Crippen LogP contribution in [0, 0.1) is 11.3 Å². The lowest BCUT2D eigenvalue weighted by Crippen LogP contribution is -2.49. The van der Waals surface area contributed by atoms with Gasteiger partial charge in [0.1, 0.15) is 5.41 Å². The van der Waals surface area contributed by atoms with Crippen molar-refractivity contribution in [1.82, 2.24) is 10.2 Å². The molecule has 1 saturated heterocycles. The molecular formula is C29H41N3O2. The number of nitrogens with zero attached hydrogens (tertiary/aromatic N) is 2. The molecule has 0 radical (unpaired) electrons. The first-order chi connectivity index (χ1) is 15.9. The van der Waals surface area contributed by atoms with Gasteiger partial charge in [0.05, 0.1) is 6.04 Å². The van der Waals surface area contributed by atoms with Gasteiger partial charge in [-0.15, -0.1) is 0 Å². The van der Waals surface area contributed by atoms with E-state index >= 15 is 0 Å². The highest BCUT2D eigenvalue weighted by Crippen LogP contribution is 2.41. The summed E-state index contributed by atoms with van der Waals surface area (Å²) in [6.07, 6.45) is 1.07. The number of nitrogens with one attached hydrogen (secondary N) is 1. The van der Waals surface area contributed by atoms with E-state index in [1.165, 1.54) is 5.56 Å². The molecule has 2 amide bonds. The Kier molecular flexibility index (Phi) is 7.87. The van der Waals surface area contributed by atoms with E-state index in [1.54, 1.807) is 4.90 Å². The van der Waals surface area contributed by atoms with Crippen LogP contribution < -0.4 is 10.2 Å². The number of benzene rings is 2. The van der Waals surface area contributed by atoms with Gasteiger partial charge in [-0.2, -0.15) is 0 Å². The second-order valence-electron chi connectivity index (χ2n) is 11.4. The first-order valence-electron chi connectivity index (χ1n) is 12.4. The van der Waals surface area contributed by atoms with E-state index in [0.717, 1.165) is 11.3 Å². The van der Waals surface area contributed by atoms with Gasteiger partial charge in [0.2, 0.25) is 11.8 Å². The Labute approximate surface area is 205 Å². The van der Waals surface area contributed by atoms with Crippen molar-refractivity contribution in [3.8, 4) is 0 Å². The Bertz CT molecular complexity index is 977. The van der Waals surface area contributed by atoms with Gasteiger partial charge in [-0.05, 0) is 61.5 Å². The van der Waals surface area contributed by atoms with Crippen LogP contribution >= 0.6 is 0 Å². The number of hydrogen-bond acceptors (Lipinski definition) is 3. The highest BCUT2D eigenvalue weighted by molar-refractivity contribution is 6.13. The van der Waals surface area contributed by atoms with E-state index in [4.69, 9.17) is 0 Å². The van der Waals surface area contributed by atoms with Crippen molar-refractivity contribution in [2.75, 3.05) is 32.1 Å². The largest absolute Gasteiger partial charge is 0.347 e. The Morgan fingerprint density at radius 3 is 2.21 bits per heavy atom. The molecule has 5 nitrogen and oxygen atoms in total. The molecular weight excluding hydrogens is 422 g/mol. The first-order valence-corrected chi connectivity index (χ1v) is 12.4. The van der Waals surface area contributed by atoms with Crippen LogP contribution in [0.5, 0.6) is 0 Å². The monoisotopic (exact) mass is 463 g/mol. The van der Waals surface area contributed by atoms with Crippen molar-refractivity contribution >= 4 is 17.5 Å². The number of rotatable bonds is 8. The molecule has 0 unspecified atom stereocenters. The van der Waals surface area contributed by atoms with Crippen molar-refractivity contribution in [1.29, 1.82) is 0 Å². The summed E-state index contributed by atoms with van der Waals surface area (Å²) < 4.78 is 0. The van der Waals surface area contributed by atoms with Gasteiger partial charge >= 0.3 is 0 Å². The number of anilines is 1. The molecule has 0 saturated carbocycles. The Balaban J connectivity index is 1.89. The summed E-state index contributed by atoms with van der Waals surface area (Å²) in [6, 6.07) is 18.0. The summed E-state index contributed by atoms with van der Waals surface area (Å²) in [4.78, 5) is 31.6. The third-order valence-electron chi connectivity index (χ3n) is 6.71. The minimum Gasteiger partial charge on any atom is -0.347 e. The topological polar surface area (TPSA) is 52.7 Å². The van der Waals surface area contributed by atoms with Crippen LogP contribution in [0.4, 0.5) is 5.69 Å². The zero-order valence-corrected chi connectivity index (χ0v) is 21.9. The molecule has 1 N–H and O–H groups in total. The molecule has 0 aliphatic carbocycles. The molecule has 1 aliphatic heterocycles. The van der Waals surface area contributed by atoms with E-state index in [-0.39, 0.29) is 29.2 Å². The predicted molar refractivity (Wildman–Crippen MR) is 140 cm³/mol. The lowest BCUT2D eigenvalue weighted by Gasteiger charge is -2.32. The fraction of sp³-hybridized carbons (Fsp3) is 0.517. The van der Waals surface area contributed by atoms with Gasteiger partial charge in [-0.3, -0.25) is 9.59 Å². The second-order valence-corrected chi connectivity index (χ2v) is 11.4. The third-order valence-corrected chi connectivity index (χ3v) is 6.71. The lowest BCUT2D eigenvalue weighted by molar-refractivity contribution is -0.141. The van der Waals surface area contributed by atoms with E-state index in [0.29, 0.717) is 25.9 Å². The average molecular weight is 464 g/mol. The fourth-order valence-corrected chi connectivity index (χ4v) is 4.93. The van der Waals surface area contributed by atoms with Crippen molar-refractivity contribution in [3.05, 3.63) is 65.7 Å². The van der Waals surface area contributed by atoms with Gasteiger partial charge in [0.15, 0.2) is 0 Å². The number of likely N-dealkylation sites (N-methyl/N-ethyl adjacent to an activating group) is 1. The summed E-state index contributed by atoms with van der Waals surface area (Å²) >= 11 is 0. The normalized spacial score (nSPS) is 19.7. The van der Waals surface area contributed by atoms with Crippen molar-refractivity contribution in [3.63, 3.8) is 0 Å². The standard InChI is InChI=1S/C29H41N3O2/c1-21(2)19-29(26(33)30-25(20-31(6)7)22-11-9-8-10-12-22)17-18-32(27(29)34)24-15-13-23(14-16-24)28(3,4)5/h8-16,21,25H,17-20H2,1-7H3,(H,30,33)/t25-,29+/m0/s1. The second kappa shape index (κ2) is 10.3. The zero-order valence-electron chi connectivity index (χ0n) is 21.9. The molecule has 2 atom stereocenters. The van der Waals surface area contributed by atoms with Crippen LogP contribution in [-0.2, 0) is 15.0 Å². The summed E-state index contributed by atoms with van der Waals surface area (Å²) in [5.74, 6) is -0.0171. The van der Waals surface area contributed by atoms with Crippen LogP contribution in [0.15, 0.2) is 54.6 Å². The van der Waals surface area contributed by atoms with Gasteiger partial charge in [0.25, 0.3) is 0 Å². The maximum Gasteiger partial charge on any atom is 0.242 e. The van der Waals surface area contributed by atoms with E-state index in [2.05, 4.69) is 57.0 Å². The third kappa shape index (κ3) is 5.69. The highest BCUT2D eigenvalue weighted by atomic mass is 16.2. The molecule has 5 heteroatoms. The van der Waals surface area contributed by atoms with E-state index < -0.39 is 5.41 Å². The average Bonchev–Trinajstić information content (AvgIpc) is 3.09. The number of carbonyl (C=O) groups is 2. The minimum atomic E-state index is -1.05.